The number of nitrogens with one attached hydrogen (secondary N) is 1. The molecule has 1 N–H and O–H groups in total. The summed E-state index contributed by atoms with van der Waals surface area (Å²) in [7, 11) is -3.55. The minimum Gasteiger partial charge on any atom is -0.313 e. The van der Waals surface area contributed by atoms with Crippen molar-refractivity contribution in [3.8, 4) is 0 Å². The molecule has 0 saturated carbocycles. The Kier molecular flexibility index (Phi) is 5.03. The Balaban J connectivity index is 1.93. The van der Waals surface area contributed by atoms with Gasteiger partial charge in [-0.05, 0) is 24.5 Å². The van der Waals surface area contributed by atoms with Crippen molar-refractivity contribution < 1.29 is 8.42 Å². The van der Waals surface area contributed by atoms with Gasteiger partial charge in [0.15, 0.2) is 0 Å². The van der Waals surface area contributed by atoms with Gasteiger partial charge in [-0.2, -0.15) is 9.40 Å². The molecule has 1 aliphatic heterocycles. The minimum absolute atomic E-state index is 0.195. The highest BCUT2D eigenvalue weighted by Gasteiger charge is 2.35. The van der Waals surface area contributed by atoms with E-state index in [1.165, 1.54) is 11.8 Å². The van der Waals surface area contributed by atoms with Gasteiger partial charge in [0.1, 0.15) is 4.90 Å². The second kappa shape index (κ2) is 7.04. The van der Waals surface area contributed by atoms with Crippen LogP contribution in [0.15, 0.2) is 41.6 Å². The lowest BCUT2D eigenvalue weighted by Crippen LogP contribution is -2.48. The largest absolute Gasteiger partial charge is 0.313 e. The molecule has 0 bridgehead atoms. The summed E-state index contributed by atoms with van der Waals surface area (Å²) >= 11 is 0. The van der Waals surface area contributed by atoms with Crippen LogP contribution in [0.5, 0.6) is 0 Å². The Hall–Kier alpha value is -1.70. The summed E-state index contributed by atoms with van der Waals surface area (Å²) in [4.78, 5) is 0.265. The first-order valence-corrected chi connectivity index (χ1v) is 9.84. The summed E-state index contributed by atoms with van der Waals surface area (Å²) in [5.41, 5.74) is 2.27. The van der Waals surface area contributed by atoms with Gasteiger partial charge in [0.25, 0.3) is 0 Å². The number of nitrogens with zero attached hydrogens (tertiary/aromatic N) is 3. The summed E-state index contributed by atoms with van der Waals surface area (Å²) < 4.78 is 29.4. The van der Waals surface area contributed by atoms with Crippen LogP contribution in [0.3, 0.4) is 0 Å². The van der Waals surface area contributed by atoms with E-state index in [-0.39, 0.29) is 10.9 Å². The Morgan fingerprint density at radius 3 is 2.62 bits per heavy atom. The maximum absolute atomic E-state index is 13.1. The second-order valence-electron chi connectivity index (χ2n) is 5.96. The molecule has 1 atom stereocenters. The van der Waals surface area contributed by atoms with Crippen molar-refractivity contribution in [1.29, 1.82) is 0 Å². The second-order valence-corrected chi connectivity index (χ2v) is 7.85. The highest BCUT2D eigenvalue weighted by Crippen LogP contribution is 2.29. The van der Waals surface area contributed by atoms with E-state index in [1.54, 1.807) is 15.2 Å². The molecule has 0 radical (unpaired) electrons. The topological polar surface area (TPSA) is 67.2 Å². The van der Waals surface area contributed by atoms with Gasteiger partial charge in [0, 0.05) is 32.4 Å². The minimum atomic E-state index is -3.55. The Bertz CT molecular complexity index is 783. The Morgan fingerprint density at radius 1 is 1.25 bits per heavy atom. The maximum Gasteiger partial charge on any atom is 0.246 e. The highest BCUT2D eigenvalue weighted by atomic mass is 32.2. The summed E-state index contributed by atoms with van der Waals surface area (Å²) in [6.45, 7) is 6.43. The third-order valence-corrected chi connectivity index (χ3v) is 6.37. The number of hydrogen-bond donors (Lipinski definition) is 1. The van der Waals surface area contributed by atoms with Crippen LogP contribution < -0.4 is 5.32 Å². The fourth-order valence-corrected chi connectivity index (χ4v) is 4.59. The monoisotopic (exact) mass is 348 g/mol. The maximum atomic E-state index is 13.1. The van der Waals surface area contributed by atoms with Crippen molar-refractivity contribution in [1.82, 2.24) is 19.4 Å². The molecular formula is C17H24N4O2S. The van der Waals surface area contributed by atoms with Crippen LogP contribution in [-0.4, -0.2) is 42.1 Å². The molecular weight excluding hydrogens is 324 g/mol. The van der Waals surface area contributed by atoms with Crippen LogP contribution in [0.1, 0.15) is 31.0 Å². The molecule has 24 heavy (non-hydrogen) atoms. The fourth-order valence-electron chi connectivity index (χ4n) is 3.02. The standard InChI is InChI=1S/C17H24N4O2S/c1-3-14-5-7-15(8-6-14)17-12-18-9-10-21(17)24(22,23)16-11-19-20(4-2)13-16/h5-8,11,13,17-18H,3-4,9-10,12H2,1-2H3. The molecule has 1 aromatic carbocycles. The number of benzene rings is 1. The summed E-state index contributed by atoms with van der Waals surface area (Å²) in [6.07, 6.45) is 4.02. The molecule has 3 rings (SSSR count). The molecule has 1 unspecified atom stereocenters. The van der Waals surface area contributed by atoms with Gasteiger partial charge in [0.2, 0.25) is 10.0 Å². The molecule has 0 amide bonds. The molecule has 0 aliphatic carbocycles. The zero-order chi connectivity index (χ0) is 17.2. The zero-order valence-corrected chi connectivity index (χ0v) is 15.0. The predicted molar refractivity (Wildman–Crippen MR) is 93.2 cm³/mol. The molecule has 2 heterocycles. The molecule has 1 aliphatic rings. The SMILES string of the molecule is CCc1ccc(C2CNCCN2S(=O)(=O)c2cnn(CC)c2)cc1. The van der Waals surface area contributed by atoms with Crippen molar-refractivity contribution in [3.05, 3.63) is 47.8 Å². The number of sulfonamides is 1. The lowest BCUT2D eigenvalue weighted by molar-refractivity contribution is 0.271. The van der Waals surface area contributed by atoms with E-state index in [0.717, 1.165) is 12.0 Å². The van der Waals surface area contributed by atoms with E-state index in [9.17, 15) is 8.42 Å². The number of aromatic nitrogens is 2. The number of hydrogen-bond acceptors (Lipinski definition) is 4. The zero-order valence-electron chi connectivity index (χ0n) is 14.1. The van der Waals surface area contributed by atoms with E-state index in [0.29, 0.717) is 26.2 Å². The van der Waals surface area contributed by atoms with Crippen molar-refractivity contribution in [3.63, 3.8) is 0 Å². The molecule has 2 aromatic rings. The van der Waals surface area contributed by atoms with E-state index in [2.05, 4.69) is 29.5 Å². The summed E-state index contributed by atoms with van der Waals surface area (Å²) in [5.74, 6) is 0. The van der Waals surface area contributed by atoms with Crippen LogP contribution in [-0.2, 0) is 23.0 Å². The number of aryl methyl sites for hydroxylation is 2. The van der Waals surface area contributed by atoms with Crippen LogP contribution in [0.25, 0.3) is 0 Å². The molecule has 7 heteroatoms. The lowest BCUT2D eigenvalue weighted by atomic mass is 10.0. The first-order valence-electron chi connectivity index (χ1n) is 8.40. The van der Waals surface area contributed by atoms with Gasteiger partial charge < -0.3 is 5.32 Å². The van der Waals surface area contributed by atoms with Gasteiger partial charge in [0.05, 0.1) is 12.2 Å². The number of piperazine rings is 1. The van der Waals surface area contributed by atoms with Crippen molar-refractivity contribution >= 4 is 10.0 Å². The van der Waals surface area contributed by atoms with Gasteiger partial charge in [-0.1, -0.05) is 31.2 Å². The number of rotatable bonds is 5. The van der Waals surface area contributed by atoms with Crippen LogP contribution in [0, 0.1) is 0 Å². The van der Waals surface area contributed by atoms with Gasteiger partial charge >= 0.3 is 0 Å². The highest BCUT2D eigenvalue weighted by molar-refractivity contribution is 7.89. The van der Waals surface area contributed by atoms with Crippen molar-refractivity contribution in [2.24, 2.45) is 0 Å². The van der Waals surface area contributed by atoms with Crippen LogP contribution in [0.4, 0.5) is 0 Å². The van der Waals surface area contributed by atoms with Crippen molar-refractivity contribution in [2.75, 3.05) is 19.6 Å². The molecule has 1 aromatic heterocycles. The van der Waals surface area contributed by atoms with Gasteiger partial charge in [-0.15, -0.1) is 0 Å². The average molecular weight is 348 g/mol. The third kappa shape index (κ3) is 3.24. The smallest absolute Gasteiger partial charge is 0.246 e. The predicted octanol–water partition coefficient (Wildman–Crippen LogP) is 1.80. The molecule has 1 saturated heterocycles. The van der Waals surface area contributed by atoms with Crippen LogP contribution >= 0.6 is 0 Å². The van der Waals surface area contributed by atoms with Gasteiger partial charge in [-0.3, -0.25) is 4.68 Å². The fraction of sp³-hybridized carbons (Fsp3) is 0.471. The average Bonchev–Trinajstić information content (AvgIpc) is 3.12. The summed E-state index contributed by atoms with van der Waals surface area (Å²) in [6, 6.07) is 8.02. The lowest BCUT2D eigenvalue weighted by Gasteiger charge is -2.35. The molecule has 6 nitrogen and oxygen atoms in total. The molecule has 130 valence electrons. The molecule has 1 fully saturated rings. The van der Waals surface area contributed by atoms with E-state index >= 15 is 0 Å². The van der Waals surface area contributed by atoms with E-state index in [1.807, 2.05) is 19.1 Å². The Labute approximate surface area is 143 Å². The van der Waals surface area contributed by atoms with Crippen LogP contribution in [0.2, 0.25) is 0 Å². The van der Waals surface area contributed by atoms with E-state index < -0.39 is 10.0 Å². The van der Waals surface area contributed by atoms with E-state index in [4.69, 9.17) is 0 Å². The summed E-state index contributed by atoms with van der Waals surface area (Å²) in [5, 5.41) is 7.42. The van der Waals surface area contributed by atoms with Gasteiger partial charge in [-0.25, -0.2) is 8.42 Å². The third-order valence-electron chi connectivity index (χ3n) is 4.51. The van der Waals surface area contributed by atoms with Crippen molar-refractivity contribution in [2.45, 2.75) is 37.8 Å². The molecule has 0 spiro atoms. The first-order chi connectivity index (χ1) is 11.6. The first kappa shape index (κ1) is 17.1. The normalized spacial score (nSPS) is 19.5. The Morgan fingerprint density at radius 2 is 2.00 bits per heavy atom. The quantitative estimate of drug-likeness (QED) is 0.895.